The Labute approximate surface area is 240 Å². The second-order valence-electron chi connectivity index (χ2n) is 9.89. The first kappa shape index (κ1) is 31.4. The lowest BCUT2D eigenvalue weighted by atomic mass is 10.1. The molecule has 42 heavy (non-hydrogen) atoms. The highest BCUT2D eigenvalue weighted by molar-refractivity contribution is 7.90. The Bertz CT molecular complexity index is 1430. The van der Waals surface area contributed by atoms with Crippen LogP contribution < -0.4 is 9.64 Å². The molecule has 1 amide bonds. The van der Waals surface area contributed by atoms with Crippen molar-refractivity contribution in [2.24, 2.45) is 0 Å². The second kappa shape index (κ2) is 12.4. The van der Waals surface area contributed by atoms with Crippen molar-refractivity contribution in [2.45, 2.75) is 56.5 Å². The van der Waals surface area contributed by atoms with Gasteiger partial charge in [-0.2, -0.15) is 13.2 Å². The molecular formula is C26H31F4N5O6S. The van der Waals surface area contributed by atoms with Crippen molar-refractivity contribution < 1.29 is 45.0 Å². The summed E-state index contributed by atoms with van der Waals surface area (Å²) in [6, 6.07) is 3.66. The lowest BCUT2D eigenvalue weighted by Gasteiger charge is -2.37. The number of piperidine rings is 1. The van der Waals surface area contributed by atoms with Crippen LogP contribution in [0.5, 0.6) is 5.88 Å². The summed E-state index contributed by atoms with van der Waals surface area (Å²) in [5.41, 5.74) is 0.775. The fraction of sp³-hybridized carbons (Fsp3) is 0.538. The molecule has 2 aliphatic heterocycles. The molecule has 0 aliphatic carbocycles. The highest BCUT2D eigenvalue weighted by atomic mass is 32.2. The van der Waals surface area contributed by atoms with E-state index in [1.165, 1.54) is 28.3 Å². The number of carbonyl (C=O) groups is 2. The van der Waals surface area contributed by atoms with Gasteiger partial charge in [-0.15, -0.1) is 0 Å². The molecule has 0 spiro atoms. The average Bonchev–Trinajstić information content (AvgIpc) is 3.36. The molecule has 1 aromatic carbocycles. The average molecular weight is 618 g/mol. The van der Waals surface area contributed by atoms with Crippen molar-refractivity contribution >= 4 is 33.2 Å². The van der Waals surface area contributed by atoms with E-state index < -0.39 is 46.0 Å². The van der Waals surface area contributed by atoms with Gasteiger partial charge in [-0.25, -0.2) is 27.6 Å². The predicted molar refractivity (Wildman–Crippen MR) is 141 cm³/mol. The van der Waals surface area contributed by atoms with Gasteiger partial charge in [0.05, 0.1) is 16.1 Å². The topological polar surface area (TPSA) is 122 Å². The van der Waals surface area contributed by atoms with Crippen LogP contribution in [-0.2, 0) is 30.6 Å². The summed E-state index contributed by atoms with van der Waals surface area (Å²) in [4.78, 5) is 37.2. The monoisotopic (exact) mass is 617 g/mol. The summed E-state index contributed by atoms with van der Waals surface area (Å²) in [6.45, 7) is 4.38. The van der Waals surface area contributed by atoms with Crippen molar-refractivity contribution in [3.05, 3.63) is 35.9 Å². The standard InChI is InChI=1S/C26H31F4N5O6S/c1-4-33(5-2)23(36)24(41-25(37)26(28,29)30)34-11-8-16(9-12-34)40-22-18-10-13-35(21(18)31-15-32-22)20-7-6-17(14-19(20)27)42(3,38)39/h6-7,14-16,24H,4-5,8-13H2,1-3H3. The number of carbonyl (C=O) groups excluding carboxylic acids is 2. The van der Waals surface area contributed by atoms with E-state index in [0.717, 1.165) is 12.3 Å². The van der Waals surface area contributed by atoms with Crippen LogP contribution in [0.15, 0.2) is 29.4 Å². The van der Waals surface area contributed by atoms with Crippen LogP contribution in [0.1, 0.15) is 32.3 Å². The van der Waals surface area contributed by atoms with Crippen LogP contribution in [0.2, 0.25) is 0 Å². The number of esters is 1. The lowest BCUT2D eigenvalue weighted by molar-refractivity contribution is -0.215. The fourth-order valence-corrected chi connectivity index (χ4v) is 5.60. The zero-order chi connectivity index (χ0) is 30.8. The predicted octanol–water partition coefficient (Wildman–Crippen LogP) is 2.86. The number of fused-ring (bicyclic) bond motifs is 1. The minimum Gasteiger partial charge on any atom is -0.474 e. The number of hydrogen-bond acceptors (Lipinski definition) is 10. The summed E-state index contributed by atoms with van der Waals surface area (Å²) in [7, 11) is -3.59. The van der Waals surface area contributed by atoms with E-state index in [-0.39, 0.29) is 42.6 Å². The molecule has 1 aromatic heterocycles. The Morgan fingerprint density at radius 2 is 1.79 bits per heavy atom. The number of likely N-dealkylation sites (tertiary alicyclic amines) is 1. The van der Waals surface area contributed by atoms with Crippen molar-refractivity contribution in [1.82, 2.24) is 19.8 Å². The third kappa shape index (κ3) is 6.75. The summed E-state index contributed by atoms with van der Waals surface area (Å²) in [5, 5.41) is 0. The first-order valence-corrected chi connectivity index (χ1v) is 15.2. The molecule has 0 saturated carbocycles. The molecule has 2 aliphatic rings. The van der Waals surface area contributed by atoms with Crippen LogP contribution in [0.4, 0.5) is 29.1 Å². The number of likely N-dealkylation sites (N-methyl/N-ethyl adjacent to an activating group) is 1. The number of amides is 1. The molecule has 11 nitrogen and oxygen atoms in total. The molecule has 2 aromatic rings. The minimum absolute atomic E-state index is 0.116. The molecule has 0 radical (unpaired) electrons. The molecule has 3 heterocycles. The molecule has 1 atom stereocenters. The van der Waals surface area contributed by atoms with E-state index in [2.05, 4.69) is 14.7 Å². The van der Waals surface area contributed by atoms with Gasteiger partial charge >= 0.3 is 12.1 Å². The van der Waals surface area contributed by atoms with E-state index in [4.69, 9.17) is 4.74 Å². The summed E-state index contributed by atoms with van der Waals surface area (Å²) in [5.74, 6) is -3.21. The van der Waals surface area contributed by atoms with E-state index in [0.29, 0.717) is 37.2 Å². The lowest BCUT2D eigenvalue weighted by Crippen LogP contribution is -2.55. The molecule has 1 saturated heterocycles. The van der Waals surface area contributed by atoms with E-state index in [9.17, 15) is 35.6 Å². The van der Waals surface area contributed by atoms with Crippen molar-refractivity contribution in [1.29, 1.82) is 0 Å². The summed E-state index contributed by atoms with van der Waals surface area (Å²) >= 11 is 0. The number of rotatable bonds is 9. The molecule has 0 N–H and O–H groups in total. The van der Waals surface area contributed by atoms with Gasteiger partial charge in [0.15, 0.2) is 9.84 Å². The van der Waals surface area contributed by atoms with Crippen LogP contribution in [0.25, 0.3) is 0 Å². The van der Waals surface area contributed by atoms with E-state index in [1.54, 1.807) is 18.7 Å². The van der Waals surface area contributed by atoms with Gasteiger partial charge in [0.2, 0.25) is 12.1 Å². The first-order chi connectivity index (χ1) is 19.7. The van der Waals surface area contributed by atoms with Crippen LogP contribution in [0.3, 0.4) is 0 Å². The number of ether oxygens (including phenoxy) is 2. The third-order valence-electron chi connectivity index (χ3n) is 7.19. The maximum Gasteiger partial charge on any atom is 0.490 e. The van der Waals surface area contributed by atoms with E-state index in [1.807, 2.05) is 0 Å². The van der Waals surface area contributed by atoms with Gasteiger partial charge in [-0.05, 0) is 51.3 Å². The molecule has 0 bridgehead atoms. The van der Waals surface area contributed by atoms with Gasteiger partial charge in [0.25, 0.3) is 5.91 Å². The summed E-state index contributed by atoms with van der Waals surface area (Å²) in [6.07, 6.45) is -4.10. The molecule has 16 heteroatoms. The molecule has 230 valence electrons. The Kier molecular flexibility index (Phi) is 9.25. The molecule has 4 rings (SSSR count). The Balaban J connectivity index is 1.46. The van der Waals surface area contributed by atoms with Gasteiger partial charge in [-0.3, -0.25) is 9.69 Å². The van der Waals surface area contributed by atoms with Gasteiger partial charge in [-0.1, -0.05) is 0 Å². The van der Waals surface area contributed by atoms with Crippen LogP contribution in [-0.4, -0.2) is 97.5 Å². The summed E-state index contributed by atoms with van der Waals surface area (Å²) < 4.78 is 88.1. The maximum absolute atomic E-state index is 14.9. The fourth-order valence-electron chi connectivity index (χ4n) is 4.97. The number of anilines is 2. The van der Waals surface area contributed by atoms with Crippen LogP contribution in [0, 0.1) is 5.82 Å². The van der Waals surface area contributed by atoms with E-state index >= 15 is 0 Å². The minimum atomic E-state index is -5.25. The normalized spacial score (nSPS) is 17.1. The molecule has 1 fully saturated rings. The number of sulfone groups is 1. The quantitative estimate of drug-likeness (QED) is 0.307. The van der Waals surface area contributed by atoms with Gasteiger partial charge in [0, 0.05) is 39.0 Å². The molecular weight excluding hydrogens is 586 g/mol. The first-order valence-electron chi connectivity index (χ1n) is 13.3. The Morgan fingerprint density at radius 3 is 2.36 bits per heavy atom. The highest BCUT2D eigenvalue weighted by Gasteiger charge is 2.45. The number of nitrogens with zero attached hydrogens (tertiary/aromatic N) is 5. The van der Waals surface area contributed by atoms with Gasteiger partial charge < -0.3 is 19.3 Å². The highest BCUT2D eigenvalue weighted by Crippen LogP contribution is 2.38. The van der Waals surface area contributed by atoms with Crippen molar-refractivity contribution in [3.63, 3.8) is 0 Å². The van der Waals surface area contributed by atoms with Crippen molar-refractivity contribution in [2.75, 3.05) is 43.9 Å². The van der Waals surface area contributed by atoms with Crippen molar-refractivity contribution in [3.8, 4) is 5.88 Å². The largest absolute Gasteiger partial charge is 0.490 e. The number of alkyl halides is 3. The SMILES string of the molecule is CCN(CC)C(=O)C(OC(=O)C(F)(F)F)N1CCC(Oc2ncnc3c2CCN3c2ccc(S(C)(=O)=O)cc2F)CC1. The smallest absolute Gasteiger partial charge is 0.474 e. The zero-order valence-electron chi connectivity index (χ0n) is 23.2. The maximum atomic E-state index is 14.9. The zero-order valence-corrected chi connectivity index (χ0v) is 24.0. The number of halogens is 4. The Hall–Kier alpha value is -3.53. The third-order valence-corrected chi connectivity index (χ3v) is 8.30. The number of benzene rings is 1. The van der Waals surface area contributed by atoms with Crippen LogP contribution >= 0.6 is 0 Å². The van der Waals surface area contributed by atoms with Gasteiger partial charge in [0.1, 0.15) is 24.1 Å². The second-order valence-corrected chi connectivity index (χ2v) is 11.9. The number of aromatic nitrogens is 2. The number of hydrogen-bond donors (Lipinski definition) is 0. The molecule has 1 unspecified atom stereocenters. The Morgan fingerprint density at radius 1 is 1.12 bits per heavy atom.